The Morgan fingerprint density at radius 3 is 1.26 bits per heavy atom. The molecule has 12 heteroatoms. The van der Waals surface area contributed by atoms with Gasteiger partial charge in [-0.05, 0) is 62.4 Å². The number of hydrogen-bond acceptors (Lipinski definition) is 5. The Kier molecular flexibility index (Phi) is 17.4. The number of para-hydroxylation sites is 2. The Morgan fingerprint density at radius 2 is 0.935 bits per heavy atom. The minimum Gasteiger partial charge on any atom is -1.00 e. The summed E-state index contributed by atoms with van der Waals surface area (Å²) in [5, 5.41) is 0. The quantitative estimate of drug-likeness (QED) is 0.204. The maximum Gasteiger partial charge on any atom is 4.00 e. The minimum absolute atomic E-state index is 0. The molecule has 0 bridgehead atoms. The van der Waals surface area contributed by atoms with E-state index in [0.717, 1.165) is 45.8 Å². The summed E-state index contributed by atoms with van der Waals surface area (Å²) in [6, 6.07) is 32.2. The van der Waals surface area contributed by atoms with Crippen LogP contribution in [0.15, 0.2) is 141 Å². The van der Waals surface area contributed by atoms with E-state index in [1.165, 1.54) is 0 Å². The van der Waals surface area contributed by atoms with E-state index in [2.05, 4.69) is 49.2 Å². The number of pyridine rings is 2. The minimum atomic E-state index is 0. The van der Waals surface area contributed by atoms with Crippen molar-refractivity contribution in [2.75, 3.05) is 0 Å². The van der Waals surface area contributed by atoms with Gasteiger partial charge in [0.25, 0.3) is 0 Å². The fourth-order valence-corrected chi connectivity index (χ4v) is 4.24. The molecule has 0 aliphatic heterocycles. The van der Waals surface area contributed by atoms with E-state index in [1.807, 2.05) is 126 Å². The van der Waals surface area contributed by atoms with E-state index in [9.17, 15) is 0 Å². The van der Waals surface area contributed by atoms with Crippen LogP contribution in [0.3, 0.4) is 0 Å². The van der Waals surface area contributed by atoms with Gasteiger partial charge >= 0.3 is 19.8 Å². The molecule has 2 aromatic carbocycles. The van der Waals surface area contributed by atoms with E-state index in [4.69, 9.17) is 0 Å². The third kappa shape index (κ3) is 10.7. The summed E-state index contributed by atoms with van der Waals surface area (Å²) >= 11 is 0. The summed E-state index contributed by atoms with van der Waals surface area (Å²) in [7, 11) is 1.94. The summed E-state index contributed by atoms with van der Waals surface area (Å²) in [6.45, 7) is 3.97. The first-order valence-electron chi connectivity index (χ1n) is 13.6. The fourth-order valence-electron chi connectivity index (χ4n) is 4.24. The molecular weight excluding hydrogens is 817 g/mol. The number of halogens is 3. The van der Waals surface area contributed by atoms with Crippen LogP contribution in [-0.4, -0.2) is 38.6 Å². The second-order valence-electron chi connectivity index (χ2n) is 9.47. The van der Waals surface area contributed by atoms with Gasteiger partial charge in [-0.3, -0.25) is 9.13 Å². The molecule has 0 aliphatic carbocycles. The first kappa shape index (κ1) is 39.9. The van der Waals surface area contributed by atoms with Crippen molar-refractivity contribution in [2.24, 2.45) is 7.05 Å². The van der Waals surface area contributed by atoms with E-state index < -0.39 is 0 Å². The predicted molar refractivity (Wildman–Crippen MR) is 166 cm³/mol. The van der Waals surface area contributed by atoms with Gasteiger partial charge in [0.05, 0.1) is 6.33 Å². The van der Waals surface area contributed by atoms with Crippen LogP contribution in [0.2, 0.25) is 0 Å². The van der Waals surface area contributed by atoms with Crippen LogP contribution in [0.1, 0.15) is 11.4 Å². The van der Waals surface area contributed by atoms with Crippen molar-refractivity contribution in [2.45, 2.75) is 13.8 Å². The molecule has 7 aromatic rings. The van der Waals surface area contributed by atoms with Crippen LogP contribution in [0, 0.1) is 13.8 Å². The first-order valence-corrected chi connectivity index (χ1v) is 13.6. The number of aromatic nitrogens is 8. The average Bonchev–Trinajstić information content (AvgIpc) is 3.81. The molecule has 0 fully saturated rings. The van der Waals surface area contributed by atoms with E-state index in [-0.39, 0.29) is 57.0 Å². The van der Waals surface area contributed by atoms with Crippen LogP contribution >= 0.6 is 0 Å². The van der Waals surface area contributed by atoms with Crippen molar-refractivity contribution in [3.63, 3.8) is 0 Å². The maximum atomic E-state index is 4.52. The number of benzene rings is 2. The van der Waals surface area contributed by atoms with Gasteiger partial charge in [0.1, 0.15) is 11.4 Å². The summed E-state index contributed by atoms with van der Waals surface area (Å²) in [4.78, 5) is 21.6. The van der Waals surface area contributed by atoms with Crippen molar-refractivity contribution in [3.8, 4) is 34.4 Å². The second kappa shape index (κ2) is 20.1. The zero-order valence-electron chi connectivity index (χ0n) is 25.3. The fraction of sp³-hybridized carbons (Fsp3) is 0.0882. The van der Waals surface area contributed by atoms with Gasteiger partial charge < -0.3 is 41.8 Å². The maximum absolute atomic E-state index is 4.52. The smallest absolute Gasteiger partial charge is 1.00 e. The van der Waals surface area contributed by atoms with Crippen LogP contribution in [0.5, 0.6) is 0 Å². The van der Waals surface area contributed by atoms with Crippen molar-refractivity contribution in [3.05, 3.63) is 152 Å². The molecule has 0 N–H and O–H groups in total. The van der Waals surface area contributed by atoms with Gasteiger partial charge in [0, 0.05) is 67.0 Å². The number of rotatable bonds is 4. The number of imidazole rings is 3. The van der Waals surface area contributed by atoms with Crippen LogP contribution < -0.4 is 37.2 Å². The van der Waals surface area contributed by atoms with Gasteiger partial charge in [0.2, 0.25) is 0 Å². The standard InChI is InChI=1S/2C15H13N3.C4H6N2.3ClH.Os/c2*1-12-6-5-9-14(17-12)15-16-10-11-18(15)13-7-3-2-4-8-13;1-6-3-2-5-4-6;;;;/h2*2-11H,1H3;2-4H,1H3;3*1H;/q;;;;;;+4/p-3. The molecule has 0 aliphatic rings. The molecule has 7 rings (SSSR count). The van der Waals surface area contributed by atoms with Crippen molar-refractivity contribution < 1.29 is 57.0 Å². The number of aryl methyl sites for hydroxylation is 3. The third-order valence-electron chi connectivity index (χ3n) is 6.22. The Bertz CT molecular complexity index is 1710. The molecule has 46 heavy (non-hydrogen) atoms. The third-order valence-corrected chi connectivity index (χ3v) is 6.22. The molecule has 5 heterocycles. The Balaban J connectivity index is 0.000000363. The summed E-state index contributed by atoms with van der Waals surface area (Å²) in [5.41, 5.74) is 5.96. The van der Waals surface area contributed by atoms with Crippen molar-refractivity contribution in [1.82, 2.24) is 38.6 Å². The van der Waals surface area contributed by atoms with Gasteiger partial charge in [0.15, 0.2) is 11.6 Å². The summed E-state index contributed by atoms with van der Waals surface area (Å²) in [5.74, 6) is 1.73. The molecular formula is C34H32Cl3N8Os+. The normalized spacial score (nSPS) is 9.37. The number of nitrogens with zero attached hydrogens (tertiary/aromatic N) is 8. The second-order valence-corrected chi connectivity index (χ2v) is 9.47. The van der Waals surface area contributed by atoms with Gasteiger partial charge in [-0.2, -0.15) is 0 Å². The molecule has 0 saturated heterocycles. The Morgan fingerprint density at radius 1 is 0.500 bits per heavy atom. The molecule has 0 spiro atoms. The Hall–Kier alpha value is -4.12. The van der Waals surface area contributed by atoms with Crippen molar-refractivity contribution in [1.29, 1.82) is 0 Å². The first-order chi connectivity index (χ1) is 20.6. The van der Waals surface area contributed by atoms with E-state index in [1.54, 1.807) is 24.9 Å². The van der Waals surface area contributed by atoms with Crippen molar-refractivity contribution >= 4 is 0 Å². The zero-order valence-corrected chi connectivity index (χ0v) is 30.2. The SMILES string of the molecule is Cc1cccc(-c2nccn2-c2ccccc2)n1.Cc1cccc(-c2nccn2-c2ccccc2)n1.Cn1ccnc1.[Cl-].[Cl-].[Cl-].[Os+4]. The monoisotopic (exact) mass is 849 g/mol. The van der Waals surface area contributed by atoms with Gasteiger partial charge in [-0.1, -0.05) is 48.5 Å². The Labute approximate surface area is 301 Å². The topological polar surface area (TPSA) is 79.2 Å². The molecule has 0 amide bonds. The van der Waals surface area contributed by atoms with Crippen LogP contribution in [-0.2, 0) is 26.8 Å². The van der Waals surface area contributed by atoms with E-state index >= 15 is 0 Å². The molecule has 0 radical (unpaired) electrons. The molecule has 5 aromatic heterocycles. The van der Waals surface area contributed by atoms with Crippen LogP contribution in [0.25, 0.3) is 34.4 Å². The van der Waals surface area contributed by atoms with Crippen LogP contribution in [0.4, 0.5) is 0 Å². The molecule has 0 unspecified atom stereocenters. The molecule has 236 valence electrons. The molecule has 0 saturated carbocycles. The largest absolute Gasteiger partial charge is 4.00 e. The zero-order chi connectivity index (χ0) is 29.1. The number of hydrogen-bond donors (Lipinski definition) is 0. The average molecular weight is 849 g/mol. The molecule has 8 nitrogen and oxygen atoms in total. The summed E-state index contributed by atoms with van der Waals surface area (Å²) < 4.78 is 5.98. The molecule has 0 atom stereocenters. The van der Waals surface area contributed by atoms with E-state index in [0.29, 0.717) is 0 Å². The van der Waals surface area contributed by atoms with Gasteiger partial charge in [-0.15, -0.1) is 0 Å². The summed E-state index contributed by atoms with van der Waals surface area (Å²) in [6.07, 6.45) is 12.9. The predicted octanol–water partition coefficient (Wildman–Crippen LogP) is -2.08. The van der Waals surface area contributed by atoms with Gasteiger partial charge in [-0.25, -0.2) is 24.9 Å².